The summed E-state index contributed by atoms with van der Waals surface area (Å²) in [6.45, 7) is 0. The lowest BCUT2D eigenvalue weighted by Crippen LogP contribution is -2.25. The molecule has 1 aromatic heterocycles. The van der Waals surface area contributed by atoms with Crippen molar-refractivity contribution in [3.05, 3.63) is 174 Å². The van der Waals surface area contributed by atoms with Gasteiger partial charge in [0.25, 0.3) is 10.0 Å². The van der Waals surface area contributed by atoms with Crippen LogP contribution in [0.2, 0.25) is 0 Å². The molecule has 1 heterocycles. The first-order chi connectivity index (χ1) is 19.1. The summed E-state index contributed by atoms with van der Waals surface area (Å²) in [4.78, 5) is 0.281. The summed E-state index contributed by atoms with van der Waals surface area (Å²) in [5.74, 6) is 0.624. The van der Waals surface area contributed by atoms with Gasteiger partial charge in [-0.15, -0.1) is 11.8 Å². The maximum atomic E-state index is 13.5. The van der Waals surface area contributed by atoms with Gasteiger partial charge in [0.05, 0.1) is 9.64 Å². The molecule has 6 aromatic rings. The van der Waals surface area contributed by atoms with E-state index in [0.29, 0.717) is 5.75 Å². The topological polar surface area (TPSA) is 39.1 Å². The van der Waals surface area contributed by atoms with Gasteiger partial charge in [0.2, 0.25) is 0 Å². The first-order valence-corrected chi connectivity index (χ1v) is 15.2. The lowest BCUT2D eigenvalue weighted by atomic mass is 9.84. The minimum Gasteiger partial charge on any atom is -0.249 e. The summed E-state index contributed by atoms with van der Waals surface area (Å²) in [6.07, 6.45) is 3.39. The smallest absolute Gasteiger partial charge is 0.249 e. The number of benzene rings is 5. The standard InChI is InChI=1S/C34H27NO2S2/c36-39(37,33-21-20-28-12-10-11-13-29(28)24-33)35-23-22-27(25-35)26-38-34(30-14-4-1-5-15-30,31-16-6-2-7-17-31)32-18-8-3-9-19-32/h1-25H,26H2. The summed E-state index contributed by atoms with van der Waals surface area (Å²) in [5, 5.41) is 1.92. The molecule has 0 atom stereocenters. The van der Waals surface area contributed by atoms with Gasteiger partial charge in [0, 0.05) is 18.1 Å². The van der Waals surface area contributed by atoms with E-state index in [1.165, 1.54) is 20.7 Å². The van der Waals surface area contributed by atoms with Crippen molar-refractivity contribution in [2.45, 2.75) is 15.4 Å². The number of fused-ring (bicyclic) bond motifs is 1. The summed E-state index contributed by atoms with van der Waals surface area (Å²) in [6, 6.07) is 46.5. The SMILES string of the molecule is O=S(=O)(c1ccc2ccccc2c1)n1ccc(CSC(c2ccccc2)(c2ccccc2)c2ccccc2)c1. The summed E-state index contributed by atoms with van der Waals surface area (Å²) in [5.41, 5.74) is 4.47. The molecule has 3 nitrogen and oxygen atoms in total. The van der Waals surface area contributed by atoms with Crippen molar-refractivity contribution in [2.24, 2.45) is 0 Å². The Hall–Kier alpha value is -4.06. The van der Waals surface area contributed by atoms with E-state index in [0.717, 1.165) is 16.3 Å². The third kappa shape index (κ3) is 4.80. The molecule has 5 heteroatoms. The molecule has 0 saturated carbocycles. The number of rotatable bonds is 8. The van der Waals surface area contributed by atoms with E-state index in [4.69, 9.17) is 0 Å². The molecule has 0 fully saturated rings. The van der Waals surface area contributed by atoms with Gasteiger partial charge in [-0.1, -0.05) is 121 Å². The van der Waals surface area contributed by atoms with Crippen LogP contribution in [0.5, 0.6) is 0 Å². The highest BCUT2D eigenvalue weighted by atomic mass is 32.2. The molecule has 0 amide bonds. The fourth-order valence-electron chi connectivity index (χ4n) is 5.06. The van der Waals surface area contributed by atoms with Crippen molar-refractivity contribution < 1.29 is 8.42 Å². The lowest BCUT2D eigenvalue weighted by Gasteiger charge is -2.35. The molecule has 0 bridgehead atoms. The predicted octanol–water partition coefficient (Wildman–Crippen LogP) is 8.10. The molecule has 5 aromatic carbocycles. The highest BCUT2D eigenvalue weighted by Crippen LogP contribution is 2.49. The Kier molecular flexibility index (Phi) is 6.86. The first kappa shape index (κ1) is 25.2. The van der Waals surface area contributed by atoms with Crippen molar-refractivity contribution in [3.8, 4) is 0 Å². The van der Waals surface area contributed by atoms with E-state index in [-0.39, 0.29) is 4.90 Å². The normalized spacial score (nSPS) is 12.0. The molecular formula is C34H27NO2S2. The fraction of sp³-hybridized carbons (Fsp3) is 0.0588. The van der Waals surface area contributed by atoms with Crippen LogP contribution in [-0.2, 0) is 20.5 Å². The highest BCUT2D eigenvalue weighted by Gasteiger charge is 2.37. The van der Waals surface area contributed by atoms with E-state index in [2.05, 4.69) is 72.8 Å². The number of nitrogens with zero attached hydrogens (tertiary/aromatic N) is 1. The van der Waals surface area contributed by atoms with E-state index in [1.807, 2.05) is 54.6 Å². The van der Waals surface area contributed by atoms with Gasteiger partial charge in [0.15, 0.2) is 0 Å². The molecule has 0 unspecified atom stereocenters. The Balaban J connectivity index is 1.37. The molecule has 6 rings (SSSR count). The Morgan fingerprint density at radius 3 is 1.67 bits per heavy atom. The Bertz CT molecular complexity index is 1720. The van der Waals surface area contributed by atoms with Gasteiger partial charge < -0.3 is 0 Å². The van der Waals surface area contributed by atoms with Crippen molar-refractivity contribution >= 4 is 32.6 Å². The number of hydrogen-bond donors (Lipinski definition) is 0. The van der Waals surface area contributed by atoms with Gasteiger partial charge in [-0.25, -0.2) is 12.4 Å². The molecular weight excluding hydrogens is 519 g/mol. The van der Waals surface area contributed by atoms with Gasteiger partial charge in [-0.3, -0.25) is 0 Å². The quantitative estimate of drug-likeness (QED) is 0.181. The van der Waals surface area contributed by atoms with Crippen molar-refractivity contribution in [1.82, 2.24) is 3.97 Å². The molecule has 0 aliphatic heterocycles. The molecule has 0 radical (unpaired) electrons. The molecule has 0 saturated heterocycles. The number of aromatic nitrogens is 1. The van der Waals surface area contributed by atoms with Crippen LogP contribution in [0.3, 0.4) is 0 Å². The van der Waals surface area contributed by atoms with Gasteiger partial charge in [0.1, 0.15) is 0 Å². The molecule has 0 aliphatic carbocycles. The minimum atomic E-state index is -3.71. The largest absolute Gasteiger partial charge is 0.267 e. The zero-order chi connectivity index (χ0) is 26.7. The van der Waals surface area contributed by atoms with Crippen LogP contribution in [0.25, 0.3) is 10.8 Å². The number of hydrogen-bond acceptors (Lipinski definition) is 3. The van der Waals surface area contributed by atoms with E-state index in [1.54, 1.807) is 36.3 Å². The van der Waals surface area contributed by atoms with Crippen LogP contribution in [-0.4, -0.2) is 12.4 Å². The maximum absolute atomic E-state index is 13.5. The highest BCUT2D eigenvalue weighted by molar-refractivity contribution is 7.99. The van der Waals surface area contributed by atoms with E-state index >= 15 is 0 Å². The van der Waals surface area contributed by atoms with Crippen molar-refractivity contribution in [1.29, 1.82) is 0 Å². The number of thioether (sulfide) groups is 1. The minimum absolute atomic E-state index is 0.281. The fourth-order valence-corrected chi connectivity index (χ4v) is 7.78. The van der Waals surface area contributed by atoms with Crippen LogP contribution in [0.15, 0.2) is 157 Å². The van der Waals surface area contributed by atoms with E-state index < -0.39 is 14.8 Å². The lowest BCUT2D eigenvalue weighted by molar-refractivity contribution is 0.587. The molecule has 39 heavy (non-hydrogen) atoms. The van der Waals surface area contributed by atoms with Crippen LogP contribution in [0.4, 0.5) is 0 Å². The Labute approximate surface area is 233 Å². The zero-order valence-corrected chi connectivity index (χ0v) is 22.9. The summed E-state index contributed by atoms with van der Waals surface area (Å²) >= 11 is 1.79. The maximum Gasteiger partial charge on any atom is 0.267 e. The van der Waals surface area contributed by atoms with Crippen molar-refractivity contribution in [3.63, 3.8) is 0 Å². The van der Waals surface area contributed by atoms with Crippen LogP contribution in [0, 0.1) is 0 Å². The second kappa shape index (κ2) is 10.6. The summed E-state index contributed by atoms with van der Waals surface area (Å²) in [7, 11) is -3.71. The second-order valence-electron chi connectivity index (χ2n) is 9.43. The molecule has 0 aliphatic rings. The third-order valence-electron chi connectivity index (χ3n) is 7.02. The molecule has 192 valence electrons. The van der Waals surface area contributed by atoms with Crippen LogP contribution >= 0.6 is 11.8 Å². The molecule has 0 N–H and O–H groups in total. The van der Waals surface area contributed by atoms with Crippen LogP contribution in [0.1, 0.15) is 22.3 Å². The average Bonchev–Trinajstić information content (AvgIpc) is 3.49. The predicted molar refractivity (Wildman–Crippen MR) is 161 cm³/mol. The average molecular weight is 546 g/mol. The zero-order valence-electron chi connectivity index (χ0n) is 21.2. The monoisotopic (exact) mass is 545 g/mol. The second-order valence-corrected chi connectivity index (χ2v) is 12.5. The van der Waals surface area contributed by atoms with Gasteiger partial charge >= 0.3 is 0 Å². The first-order valence-electron chi connectivity index (χ1n) is 12.8. The Morgan fingerprint density at radius 2 is 1.10 bits per heavy atom. The van der Waals surface area contributed by atoms with Crippen molar-refractivity contribution in [2.75, 3.05) is 0 Å². The Morgan fingerprint density at radius 1 is 0.590 bits per heavy atom. The third-order valence-corrected chi connectivity index (χ3v) is 10.3. The van der Waals surface area contributed by atoms with Crippen LogP contribution < -0.4 is 0 Å². The summed E-state index contributed by atoms with van der Waals surface area (Å²) < 4.78 is 27.9. The van der Waals surface area contributed by atoms with Gasteiger partial charge in [-0.05, 0) is 51.2 Å². The van der Waals surface area contributed by atoms with Gasteiger partial charge in [-0.2, -0.15) is 0 Å². The molecule has 0 spiro atoms. The van der Waals surface area contributed by atoms with E-state index in [9.17, 15) is 8.42 Å².